The number of nitrogen functional groups attached to an aromatic ring is 2. The van der Waals surface area contributed by atoms with E-state index in [1.54, 1.807) is 54.6 Å². The van der Waals surface area contributed by atoms with Gasteiger partial charge >= 0.3 is 0 Å². The van der Waals surface area contributed by atoms with Gasteiger partial charge < -0.3 is 22.0 Å². The number of rotatable bonds is 8. The molecule has 33 heavy (non-hydrogen) atoms. The fourth-order valence-electron chi connectivity index (χ4n) is 3.28. The van der Waals surface area contributed by atoms with Crippen LogP contribution in [0.15, 0.2) is 72.2 Å². The Labute approximate surface area is 196 Å². The number of anilines is 1. The molecule has 1 aromatic heterocycles. The highest BCUT2D eigenvalue weighted by Gasteiger charge is 2.19. The third-order valence-corrected chi connectivity index (χ3v) is 5.19. The number of hydrogen-bond acceptors (Lipinski definition) is 5. The minimum Gasteiger partial charge on any atom is -0.427 e. The van der Waals surface area contributed by atoms with E-state index < -0.39 is 0 Å². The molecule has 2 aromatic carbocycles. The number of benzene rings is 2. The molecule has 0 aliphatic carbocycles. The van der Waals surface area contributed by atoms with Crippen molar-refractivity contribution < 1.29 is 10.0 Å². The molecule has 7 N–H and O–H groups in total. The van der Waals surface area contributed by atoms with E-state index in [4.69, 9.17) is 28.5 Å². The summed E-state index contributed by atoms with van der Waals surface area (Å²) in [6, 6.07) is 15.6. The van der Waals surface area contributed by atoms with Crippen LogP contribution in [-0.4, -0.2) is 28.2 Å². The molecule has 0 saturated heterocycles. The van der Waals surface area contributed by atoms with E-state index in [0.29, 0.717) is 27.4 Å². The van der Waals surface area contributed by atoms with Gasteiger partial charge in [0, 0.05) is 29.4 Å². The molecular formula is C24H25ClN6O2. The predicted octanol–water partition coefficient (Wildman–Crippen LogP) is 2.86. The van der Waals surface area contributed by atoms with E-state index in [0.717, 1.165) is 10.3 Å². The Balaban J connectivity index is 1.92. The van der Waals surface area contributed by atoms with Crippen molar-refractivity contribution in [3.63, 3.8) is 0 Å². The summed E-state index contributed by atoms with van der Waals surface area (Å²) in [4.78, 5) is 17.0. The van der Waals surface area contributed by atoms with E-state index in [-0.39, 0.29) is 42.4 Å². The van der Waals surface area contributed by atoms with Crippen molar-refractivity contribution in [2.75, 3.05) is 12.3 Å². The number of pyridine rings is 1. The molecule has 1 heterocycles. The summed E-state index contributed by atoms with van der Waals surface area (Å²) in [6.45, 7) is 4.17. The Morgan fingerprint density at radius 2 is 1.97 bits per heavy atom. The molecule has 0 unspecified atom stereocenters. The fraction of sp³-hybridized carbons (Fsp3) is 0.125. The summed E-state index contributed by atoms with van der Waals surface area (Å²) in [7, 11) is 0. The maximum atomic E-state index is 12.8. The molecule has 9 heteroatoms. The van der Waals surface area contributed by atoms with Crippen LogP contribution in [0.1, 0.15) is 16.8 Å². The smallest absolute Gasteiger partial charge is 0.226 e. The highest BCUT2D eigenvalue weighted by molar-refractivity contribution is 6.33. The van der Waals surface area contributed by atoms with Crippen molar-refractivity contribution >= 4 is 29.0 Å². The molecule has 8 nitrogen and oxygen atoms in total. The zero-order valence-electron chi connectivity index (χ0n) is 17.9. The van der Waals surface area contributed by atoms with Crippen molar-refractivity contribution in [3.8, 4) is 11.1 Å². The molecule has 0 bridgehead atoms. The van der Waals surface area contributed by atoms with Crippen molar-refractivity contribution in [2.24, 2.45) is 10.7 Å². The lowest BCUT2D eigenvalue weighted by Gasteiger charge is -2.16. The standard InChI is InChI=1S/C24H25ClN6O2/c1-2-10-29-21-12-19(25)23(17-4-3-5-18(26)11-17)20(31(21)33)13-22(32)30-14-15-6-8-16(9-7-15)24(27)28/h2-9,11-12,33H,1,10,13-14,26H2,(H3,27,28)(H,30,32). The van der Waals surface area contributed by atoms with E-state index in [1.165, 1.54) is 6.07 Å². The zero-order valence-corrected chi connectivity index (χ0v) is 18.6. The van der Waals surface area contributed by atoms with Gasteiger partial charge in [-0.15, -0.1) is 6.58 Å². The monoisotopic (exact) mass is 464 g/mol. The normalized spacial score (nSPS) is 11.2. The van der Waals surface area contributed by atoms with Gasteiger partial charge in [-0.2, -0.15) is 4.73 Å². The average molecular weight is 465 g/mol. The first-order valence-electron chi connectivity index (χ1n) is 10.1. The van der Waals surface area contributed by atoms with Crippen LogP contribution in [0.25, 0.3) is 11.1 Å². The lowest BCUT2D eigenvalue weighted by molar-refractivity contribution is -0.120. The molecule has 170 valence electrons. The Morgan fingerprint density at radius 1 is 1.24 bits per heavy atom. The zero-order chi connectivity index (χ0) is 24.0. The van der Waals surface area contributed by atoms with Crippen molar-refractivity contribution in [1.29, 1.82) is 5.41 Å². The molecule has 0 spiro atoms. The predicted molar refractivity (Wildman–Crippen MR) is 130 cm³/mol. The van der Waals surface area contributed by atoms with Crippen LogP contribution >= 0.6 is 11.6 Å². The van der Waals surface area contributed by atoms with Crippen molar-refractivity contribution in [1.82, 2.24) is 10.0 Å². The summed E-state index contributed by atoms with van der Waals surface area (Å²) in [5.74, 6) is -0.346. The number of nitrogens with two attached hydrogens (primary N) is 2. The van der Waals surface area contributed by atoms with Crippen LogP contribution < -0.4 is 22.3 Å². The summed E-state index contributed by atoms with van der Waals surface area (Å²) >= 11 is 6.56. The van der Waals surface area contributed by atoms with Gasteiger partial charge in [0.05, 0.1) is 23.7 Å². The largest absolute Gasteiger partial charge is 0.427 e. The molecule has 1 amide bonds. The summed E-state index contributed by atoms with van der Waals surface area (Å²) in [5, 5.41) is 21.5. The minimum absolute atomic E-state index is 0.0224. The number of carbonyl (C=O) groups is 1. The number of carbonyl (C=O) groups excluding carboxylic acids is 1. The average Bonchev–Trinajstić information content (AvgIpc) is 2.79. The highest BCUT2D eigenvalue weighted by atomic mass is 35.5. The molecule has 0 radical (unpaired) electrons. The van der Waals surface area contributed by atoms with Gasteiger partial charge in [0.25, 0.3) is 0 Å². The van der Waals surface area contributed by atoms with Crippen LogP contribution in [0, 0.1) is 5.41 Å². The van der Waals surface area contributed by atoms with Crippen molar-refractivity contribution in [2.45, 2.75) is 13.0 Å². The van der Waals surface area contributed by atoms with E-state index in [9.17, 15) is 10.0 Å². The molecule has 0 saturated carbocycles. The molecule has 3 rings (SSSR count). The van der Waals surface area contributed by atoms with Crippen molar-refractivity contribution in [3.05, 3.63) is 94.6 Å². The van der Waals surface area contributed by atoms with Gasteiger partial charge in [-0.3, -0.25) is 15.2 Å². The van der Waals surface area contributed by atoms with Gasteiger partial charge in [0.15, 0.2) is 5.49 Å². The third kappa shape index (κ3) is 5.81. The van der Waals surface area contributed by atoms with Crippen LogP contribution in [0.5, 0.6) is 0 Å². The summed E-state index contributed by atoms with van der Waals surface area (Å²) in [6.07, 6.45) is 1.44. The number of amides is 1. The fourth-order valence-corrected chi connectivity index (χ4v) is 3.59. The molecule has 0 fully saturated rings. The van der Waals surface area contributed by atoms with Crippen LogP contribution in [0.3, 0.4) is 0 Å². The van der Waals surface area contributed by atoms with Gasteiger partial charge in [-0.1, -0.05) is 54.1 Å². The first-order chi connectivity index (χ1) is 15.8. The second kappa shape index (κ2) is 10.5. The molecule has 0 aliphatic heterocycles. The highest BCUT2D eigenvalue weighted by Crippen LogP contribution is 2.31. The molecule has 3 aromatic rings. The number of nitrogens with zero attached hydrogens (tertiary/aromatic N) is 2. The van der Waals surface area contributed by atoms with Crippen LogP contribution in [-0.2, 0) is 17.8 Å². The first-order valence-corrected chi connectivity index (χ1v) is 10.5. The molecular weight excluding hydrogens is 440 g/mol. The first kappa shape index (κ1) is 23.6. The Kier molecular flexibility index (Phi) is 7.53. The topological polar surface area (TPSA) is 143 Å². The Morgan fingerprint density at radius 3 is 2.61 bits per heavy atom. The second-order valence-electron chi connectivity index (χ2n) is 7.30. The van der Waals surface area contributed by atoms with Gasteiger partial charge in [-0.05, 0) is 23.3 Å². The minimum atomic E-state index is -0.324. The summed E-state index contributed by atoms with van der Waals surface area (Å²) < 4.78 is 0.870. The quantitative estimate of drug-likeness (QED) is 0.115. The van der Waals surface area contributed by atoms with Gasteiger partial charge in [0.1, 0.15) is 5.84 Å². The summed E-state index contributed by atoms with van der Waals surface area (Å²) in [5.41, 5.74) is 15.0. The van der Waals surface area contributed by atoms with E-state index >= 15 is 0 Å². The van der Waals surface area contributed by atoms with E-state index in [2.05, 4.69) is 16.9 Å². The number of halogens is 1. The van der Waals surface area contributed by atoms with Crippen LogP contribution in [0.4, 0.5) is 5.69 Å². The van der Waals surface area contributed by atoms with E-state index in [1.807, 2.05) is 0 Å². The number of nitrogens with one attached hydrogen (secondary N) is 2. The molecule has 0 atom stereocenters. The molecule has 0 aliphatic rings. The lowest BCUT2D eigenvalue weighted by atomic mass is 10.0. The second-order valence-corrected chi connectivity index (χ2v) is 7.71. The Hall–Kier alpha value is -4.04. The SMILES string of the molecule is C=CCN=c1cc(Cl)c(-c2cccc(N)c2)c(CC(=O)NCc2ccc(C(=N)N)cc2)n1O. The Bertz CT molecular complexity index is 1260. The maximum Gasteiger partial charge on any atom is 0.226 e. The number of hydrogen-bond donors (Lipinski definition) is 5. The van der Waals surface area contributed by atoms with Gasteiger partial charge in [-0.25, -0.2) is 0 Å². The number of amidine groups is 1. The lowest BCUT2D eigenvalue weighted by Crippen LogP contribution is -2.30. The van der Waals surface area contributed by atoms with Gasteiger partial charge in [0.2, 0.25) is 5.91 Å². The number of aromatic nitrogens is 1. The van der Waals surface area contributed by atoms with Crippen LogP contribution in [0.2, 0.25) is 5.02 Å². The third-order valence-electron chi connectivity index (χ3n) is 4.90. The maximum absolute atomic E-state index is 12.8.